The number of ether oxygens (including phenoxy) is 2. The van der Waals surface area contributed by atoms with E-state index in [1.165, 1.54) is 0 Å². The van der Waals surface area contributed by atoms with E-state index in [-0.39, 0.29) is 27.7 Å². The van der Waals surface area contributed by atoms with Gasteiger partial charge in [-0.1, -0.05) is 97.7 Å². The van der Waals surface area contributed by atoms with Crippen LogP contribution in [0.15, 0.2) is 83.4 Å². The Bertz CT molecular complexity index is 1470. The van der Waals surface area contributed by atoms with E-state index in [0.29, 0.717) is 12.4 Å². The third-order valence-electron chi connectivity index (χ3n) is 7.01. The van der Waals surface area contributed by atoms with E-state index in [2.05, 4.69) is 30.3 Å². The summed E-state index contributed by atoms with van der Waals surface area (Å²) in [6.07, 6.45) is 1.73. The highest BCUT2D eigenvalue weighted by atomic mass is 35.5. The first kappa shape index (κ1) is 23.7. The lowest BCUT2D eigenvalue weighted by Crippen LogP contribution is -2.14. The lowest BCUT2D eigenvalue weighted by molar-refractivity contribution is -0.136. The normalized spacial score (nSPS) is 18.3. The average Bonchev–Trinajstić information content (AvgIpc) is 3.38. The Balaban J connectivity index is 1.70. The molecule has 5 rings (SSSR count). The van der Waals surface area contributed by atoms with Gasteiger partial charge in [-0.3, -0.25) is 4.79 Å². The Hall–Kier alpha value is -3.01. The highest BCUT2D eigenvalue weighted by Gasteiger charge is 2.61. The molecule has 0 N–H and O–H groups in total. The first-order valence-corrected chi connectivity index (χ1v) is 12.5. The molecule has 0 radical (unpaired) electrons. The molecule has 4 aromatic rings. The molecule has 1 aliphatic rings. The van der Waals surface area contributed by atoms with Gasteiger partial charge >= 0.3 is 5.97 Å². The van der Waals surface area contributed by atoms with Gasteiger partial charge in [-0.05, 0) is 58.0 Å². The average molecular weight is 505 g/mol. The fourth-order valence-corrected chi connectivity index (χ4v) is 5.40. The van der Waals surface area contributed by atoms with E-state index in [9.17, 15) is 4.79 Å². The summed E-state index contributed by atoms with van der Waals surface area (Å²) in [7, 11) is 0. The molecule has 0 amide bonds. The monoisotopic (exact) mass is 504 g/mol. The van der Waals surface area contributed by atoms with Gasteiger partial charge in [-0.2, -0.15) is 0 Å². The fourth-order valence-electron chi connectivity index (χ4n) is 5.13. The van der Waals surface area contributed by atoms with Crippen molar-refractivity contribution in [1.29, 1.82) is 0 Å². The summed E-state index contributed by atoms with van der Waals surface area (Å²) in [6.45, 7) is 6.54. The van der Waals surface area contributed by atoms with E-state index in [1.54, 1.807) is 6.08 Å². The minimum absolute atomic E-state index is 0.0690. The summed E-state index contributed by atoms with van der Waals surface area (Å²) < 4.78 is 12.4. The number of halogens is 2. The van der Waals surface area contributed by atoms with Gasteiger partial charge in [-0.25, -0.2) is 0 Å². The molecule has 0 heterocycles. The van der Waals surface area contributed by atoms with Gasteiger partial charge in [0.2, 0.25) is 0 Å². The van der Waals surface area contributed by atoms with Crippen LogP contribution in [0.3, 0.4) is 0 Å². The van der Waals surface area contributed by atoms with Crippen molar-refractivity contribution in [3.63, 3.8) is 0 Å². The number of carbonyl (C=O) groups excluding carboxylic acids is 1. The highest BCUT2D eigenvalue weighted by Crippen LogP contribution is 2.60. The molecule has 4 aromatic carbocycles. The van der Waals surface area contributed by atoms with Gasteiger partial charge in [0.1, 0.15) is 16.0 Å². The molecule has 5 heteroatoms. The SMILES string of the molecule is CCOc1ccc2ccccc2c1-c1c(OC(=O)[C@H]2[C@H](C=C(Cl)Cl)C2(C)C)ccc2ccccc12. The summed E-state index contributed by atoms with van der Waals surface area (Å²) in [6, 6.07) is 24.2. The Labute approximate surface area is 215 Å². The van der Waals surface area contributed by atoms with Gasteiger partial charge in [0.15, 0.2) is 0 Å². The maximum Gasteiger partial charge on any atom is 0.315 e. The Morgan fingerprint density at radius 3 is 1.97 bits per heavy atom. The van der Waals surface area contributed by atoms with E-state index >= 15 is 0 Å². The minimum atomic E-state index is -0.326. The first-order valence-electron chi connectivity index (χ1n) is 11.7. The maximum atomic E-state index is 13.4. The molecule has 1 fully saturated rings. The zero-order chi connectivity index (χ0) is 24.7. The highest BCUT2D eigenvalue weighted by molar-refractivity contribution is 6.55. The van der Waals surface area contributed by atoms with Crippen molar-refractivity contribution in [2.75, 3.05) is 6.61 Å². The van der Waals surface area contributed by atoms with Crippen LogP contribution in [-0.2, 0) is 4.79 Å². The zero-order valence-corrected chi connectivity index (χ0v) is 21.4. The summed E-state index contributed by atoms with van der Waals surface area (Å²) >= 11 is 11.8. The molecule has 0 spiro atoms. The second kappa shape index (κ2) is 9.22. The Morgan fingerprint density at radius 1 is 0.857 bits per heavy atom. The molecule has 1 aliphatic carbocycles. The summed E-state index contributed by atoms with van der Waals surface area (Å²) in [4.78, 5) is 13.4. The van der Waals surface area contributed by atoms with Crippen LogP contribution < -0.4 is 9.47 Å². The number of rotatable bonds is 6. The van der Waals surface area contributed by atoms with Crippen molar-refractivity contribution in [2.45, 2.75) is 20.8 Å². The molecule has 178 valence electrons. The molecular formula is C30H26Cl2O3. The quantitative estimate of drug-likeness (QED) is 0.195. The number of hydrogen-bond acceptors (Lipinski definition) is 3. The van der Waals surface area contributed by atoms with Crippen LogP contribution in [-0.4, -0.2) is 12.6 Å². The number of benzene rings is 4. The van der Waals surface area contributed by atoms with Gasteiger partial charge in [0.25, 0.3) is 0 Å². The molecule has 0 bridgehead atoms. The van der Waals surface area contributed by atoms with E-state index in [4.69, 9.17) is 32.7 Å². The van der Waals surface area contributed by atoms with Gasteiger partial charge < -0.3 is 9.47 Å². The molecule has 0 unspecified atom stereocenters. The second-order valence-electron chi connectivity index (χ2n) is 9.45. The second-order valence-corrected chi connectivity index (χ2v) is 10.5. The predicted octanol–water partition coefficient (Wildman–Crippen LogP) is 8.56. The molecule has 3 nitrogen and oxygen atoms in total. The summed E-state index contributed by atoms with van der Waals surface area (Å²) in [5.74, 6) is 0.573. The number of esters is 1. The summed E-state index contributed by atoms with van der Waals surface area (Å²) in [5.41, 5.74) is 1.48. The van der Waals surface area contributed by atoms with E-state index in [0.717, 1.165) is 38.4 Å². The van der Waals surface area contributed by atoms with E-state index < -0.39 is 0 Å². The molecular weight excluding hydrogens is 479 g/mol. The lowest BCUT2D eigenvalue weighted by Gasteiger charge is -2.19. The number of carbonyl (C=O) groups is 1. The number of allylic oxidation sites excluding steroid dienone is 1. The van der Waals surface area contributed by atoms with Crippen LogP contribution in [0.25, 0.3) is 32.7 Å². The third kappa shape index (κ3) is 4.28. The standard InChI is InChI=1S/C30H26Cl2O3/c1-4-34-23-15-13-18-9-5-7-11-20(18)26(23)27-21-12-8-6-10-19(21)14-16-24(27)35-29(33)28-22(17-25(31)32)30(28,2)3/h5-17,22,28H,4H2,1-3H3/t22-,28+/m0/s1. The van der Waals surface area contributed by atoms with Crippen LogP contribution in [0, 0.1) is 17.3 Å². The molecule has 0 aromatic heterocycles. The largest absolute Gasteiger partial charge is 0.493 e. The van der Waals surface area contributed by atoms with Crippen molar-refractivity contribution in [3.05, 3.63) is 83.4 Å². The van der Waals surface area contributed by atoms with Crippen LogP contribution in [0.5, 0.6) is 11.5 Å². The van der Waals surface area contributed by atoms with Crippen molar-refractivity contribution >= 4 is 50.7 Å². The molecule has 0 saturated heterocycles. The smallest absolute Gasteiger partial charge is 0.315 e. The Morgan fingerprint density at radius 2 is 1.40 bits per heavy atom. The van der Waals surface area contributed by atoms with Gasteiger partial charge in [0.05, 0.1) is 12.5 Å². The molecule has 35 heavy (non-hydrogen) atoms. The number of fused-ring (bicyclic) bond motifs is 2. The molecule has 2 atom stereocenters. The van der Waals surface area contributed by atoms with Crippen molar-refractivity contribution < 1.29 is 14.3 Å². The maximum absolute atomic E-state index is 13.4. The van der Waals surface area contributed by atoms with Crippen molar-refractivity contribution in [2.24, 2.45) is 17.3 Å². The minimum Gasteiger partial charge on any atom is -0.493 e. The lowest BCUT2D eigenvalue weighted by atomic mass is 9.92. The molecule has 0 aliphatic heterocycles. The zero-order valence-electron chi connectivity index (χ0n) is 19.8. The van der Waals surface area contributed by atoms with Gasteiger partial charge in [0, 0.05) is 11.1 Å². The van der Waals surface area contributed by atoms with Crippen molar-refractivity contribution in [1.82, 2.24) is 0 Å². The fraction of sp³-hybridized carbons (Fsp3) is 0.233. The summed E-state index contributed by atoms with van der Waals surface area (Å²) in [5, 5.41) is 4.17. The van der Waals surface area contributed by atoms with Crippen molar-refractivity contribution in [3.8, 4) is 22.6 Å². The molecule has 1 saturated carbocycles. The topological polar surface area (TPSA) is 35.5 Å². The van der Waals surface area contributed by atoms with Crippen LogP contribution >= 0.6 is 23.2 Å². The third-order valence-corrected chi connectivity index (χ3v) is 7.26. The predicted molar refractivity (Wildman–Crippen MR) is 144 cm³/mol. The van der Waals surface area contributed by atoms with Crippen LogP contribution in [0.4, 0.5) is 0 Å². The van der Waals surface area contributed by atoms with E-state index in [1.807, 2.05) is 63.2 Å². The van der Waals surface area contributed by atoms with Crippen LogP contribution in [0.1, 0.15) is 20.8 Å². The Kier molecular flexibility index (Phi) is 6.25. The van der Waals surface area contributed by atoms with Crippen LogP contribution in [0.2, 0.25) is 0 Å². The van der Waals surface area contributed by atoms with Gasteiger partial charge in [-0.15, -0.1) is 0 Å². The first-order chi connectivity index (χ1) is 16.8. The number of hydrogen-bond donors (Lipinski definition) is 0.